The molecule has 2 aromatic carbocycles. The number of rotatable bonds is 3. The summed E-state index contributed by atoms with van der Waals surface area (Å²) in [5, 5.41) is 3.17. The van der Waals surface area contributed by atoms with Gasteiger partial charge in [0.25, 0.3) is 0 Å². The van der Waals surface area contributed by atoms with Crippen molar-refractivity contribution in [2.45, 2.75) is 6.92 Å². The molecule has 0 spiro atoms. The minimum atomic E-state index is -0.329. The van der Waals surface area contributed by atoms with Crippen LogP contribution in [0, 0.1) is 12.7 Å². The van der Waals surface area contributed by atoms with Crippen LogP contribution < -0.4 is 11.1 Å². The summed E-state index contributed by atoms with van der Waals surface area (Å²) >= 11 is 11.6. The molecule has 0 fully saturated rings. The predicted molar refractivity (Wildman–Crippen MR) is 92.1 cm³/mol. The molecule has 0 aliphatic carbocycles. The molecule has 0 aromatic heterocycles. The molecule has 104 valence electrons. The Bertz CT molecular complexity index is 689. The van der Waals surface area contributed by atoms with Gasteiger partial charge in [-0.1, -0.05) is 28.1 Å². The molecule has 6 heteroatoms. The van der Waals surface area contributed by atoms with Crippen LogP contribution in [0.25, 0.3) is 0 Å². The van der Waals surface area contributed by atoms with Crippen molar-refractivity contribution in [2.24, 2.45) is 5.73 Å². The Morgan fingerprint density at radius 1 is 1.20 bits per heavy atom. The minimum absolute atomic E-state index is 0.287. The molecular weight excluding hydrogens is 407 g/mol. The molecule has 0 bridgehead atoms. The maximum Gasteiger partial charge on any atom is 0.139 e. The lowest BCUT2D eigenvalue weighted by molar-refractivity contribution is 0.621. The van der Waals surface area contributed by atoms with Crippen LogP contribution in [-0.2, 0) is 0 Å². The Labute approximate surface area is 138 Å². The van der Waals surface area contributed by atoms with Gasteiger partial charge in [-0.15, -0.1) is 0 Å². The molecule has 3 N–H and O–H groups in total. The van der Waals surface area contributed by atoms with Crippen molar-refractivity contribution in [2.75, 3.05) is 5.32 Å². The molecule has 0 aliphatic rings. The van der Waals surface area contributed by atoms with E-state index in [1.165, 1.54) is 6.07 Å². The van der Waals surface area contributed by atoms with Crippen LogP contribution in [0.1, 0.15) is 11.1 Å². The Morgan fingerprint density at radius 2 is 1.90 bits per heavy atom. The smallest absolute Gasteiger partial charge is 0.139 e. The Balaban J connectivity index is 2.47. The number of benzene rings is 2. The van der Waals surface area contributed by atoms with E-state index in [9.17, 15) is 4.39 Å². The second-order valence-electron chi connectivity index (χ2n) is 4.26. The van der Waals surface area contributed by atoms with E-state index in [2.05, 4.69) is 37.2 Å². The standard InChI is InChI=1S/C14H11Br2FN2S/c1-7-4-10(16)11(17)6-12(7)19-13-5-8(15)2-3-9(13)14(18)20/h2-6,19H,1H3,(H2,18,20). The predicted octanol–water partition coefficient (Wildman–Crippen LogP) is 5.04. The fourth-order valence-electron chi connectivity index (χ4n) is 1.76. The zero-order valence-electron chi connectivity index (χ0n) is 10.5. The Kier molecular flexibility index (Phi) is 4.78. The number of hydrogen-bond donors (Lipinski definition) is 2. The second-order valence-corrected chi connectivity index (χ2v) is 6.47. The first-order valence-electron chi connectivity index (χ1n) is 5.70. The lowest BCUT2D eigenvalue weighted by Crippen LogP contribution is -2.12. The Morgan fingerprint density at radius 3 is 2.55 bits per heavy atom. The first kappa shape index (κ1) is 15.4. The van der Waals surface area contributed by atoms with E-state index in [0.29, 0.717) is 15.7 Å². The van der Waals surface area contributed by atoms with Gasteiger partial charge in [-0.25, -0.2) is 4.39 Å². The Hall–Kier alpha value is -0.980. The van der Waals surface area contributed by atoms with Gasteiger partial charge >= 0.3 is 0 Å². The van der Waals surface area contributed by atoms with Crippen molar-refractivity contribution in [3.05, 3.63) is 56.2 Å². The van der Waals surface area contributed by atoms with E-state index >= 15 is 0 Å². The van der Waals surface area contributed by atoms with Crippen molar-refractivity contribution >= 4 is 60.4 Å². The number of thiocarbonyl (C=S) groups is 1. The third-order valence-corrected chi connectivity index (χ3v) is 4.10. The van der Waals surface area contributed by atoms with Crippen LogP contribution in [0.4, 0.5) is 15.8 Å². The summed E-state index contributed by atoms with van der Waals surface area (Å²) in [6, 6.07) is 8.68. The van der Waals surface area contributed by atoms with E-state index in [4.69, 9.17) is 18.0 Å². The van der Waals surface area contributed by atoms with Gasteiger partial charge in [0.1, 0.15) is 10.8 Å². The molecule has 0 unspecified atom stereocenters. The van der Waals surface area contributed by atoms with E-state index < -0.39 is 0 Å². The van der Waals surface area contributed by atoms with Gasteiger partial charge in [0.2, 0.25) is 0 Å². The highest BCUT2D eigenvalue weighted by Crippen LogP contribution is 2.29. The number of halogens is 3. The van der Waals surface area contributed by atoms with E-state index in [1.54, 1.807) is 6.07 Å². The molecule has 2 rings (SSSR count). The topological polar surface area (TPSA) is 38.0 Å². The molecule has 0 saturated carbocycles. The summed E-state index contributed by atoms with van der Waals surface area (Å²) in [6.07, 6.45) is 0. The molecular formula is C14H11Br2FN2S. The molecule has 0 amide bonds. The van der Waals surface area contributed by atoms with Crippen LogP contribution in [0.5, 0.6) is 0 Å². The summed E-state index contributed by atoms with van der Waals surface area (Å²) in [5.41, 5.74) is 8.73. The zero-order chi connectivity index (χ0) is 14.9. The van der Waals surface area contributed by atoms with Crippen LogP contribution in [0.15, 0.2) is 39.3 Å². The van der Waals surface area contributed by atoms with Gasteiger partial charge in [-0.3, -0.25) is 0 Å². The SMILES string of the molecule is Cc1cc(Br)c(F)cc1Nc1cc(Br)ccc1C(N)=S. The lowest BCUT2D eigenvalue weighted by Gasteiger charge is -2.14. The van der Waals surface area contributed by atoms with E-state index in [1.807, 2.05) is 25.1 Å². The third-order valence-electron chi connectivity index (χ3n) is 2.78. The van der Waals surface area contributed by atoms with Gasteiger partial charge in [0.05, 0.1) is 4.47 Å². The van der Waals surface area contributed by atoms with Crippen LogP contribution >= 0.6 is 44.1 Å². The fourth-order valence-corrected chi connectivity index (χ4v) is 2.76. The van der Waals surface area contributed by atoms with Crippen molar-refractivity contribution in [1.82, 2.24) is 0 Å². The quantitative estimate of drug-likeness (QED) is 0.687. The van der Waals surface area contributed by atoms with Gasteiger partial charge in [0.15, 0.2) is 0 Å². The highest BCUT2D eigenvalue weighted by molar-refractivity contribution is 9.10. The summed E-state index contributed by atoms with van der Waals surface area (Å²) in [7, 11) is 0. The minimum Gasteiger partial charge on any atom is -0.389 e. The normalized spacial score (nSPS) is 10.4. The molecule has 2 nitrogen and oxygen atoms in total. The third kappa shape index (κ3) is 3.37. The average Bonchev–Trinajstić information content (AvgIpc) is 2.35. The second kappa shape index (κ2) is 6.20. The lowest BCUT2D eigenvalue weighted by atomic mass is 10.1. The average molecular weight is 418 g/mol. The number of hydrogen-bond acceptors (Lipinski definition) is 2. The van der Waals surface area contributed by atoms with Crippen LogP contribution in [0.3, 0.4) is 0 Å². The number of nitrogens with two attached hydrogens (primary N) is 1. The number of aryl methyl sites for hydroxylation is 1. The maximum atomic E-state index is 13.7. The first-order valence-corrected chi connectivity index (χ1v) is 7.70. The number of nitrogens with one attached hydrogen (secondary N) is 1. The summed E-state index contributed by atoms with van der Waals surface area (Å²) in [4.78, 5) is 0.287. The fraction of sp³-hybridized carbons (Fsp3) is 0.0714. The maximum absolute atomic E-state index is 13.7. The molecule has 0 saturated heterocycles. The van der Waals surface area contributed by atoms with Crippen molar-refractivity contribution in [1.29, 1.82) is 0 Å². The van der Waals surface area contributed by atoms with Crippen LogP contribution in [0.2, 0.25) is 0 Å². The monoisotopic (exact) mass is 416 g/mol. The largest absolute Gasteiger partial charge is 0.389 e. The van der Waals surface area contributed by atoms with Crippen molar-refractivity contribution in [3.8, 4) is 0 Å². The number of anilines is 2. The molecule has 2 aromatic rings. The molecule has 0 heterocycles. The van der Waals surface area contributed by atoms with Crippen molar-refractivity contribution < 1.29 is 4.39 Å². The van der Waals surface area contributed by atoms with Crippen molar-refractivity contribution in [3.63, 3.8) is 0 Å². The van der Waals surface area contributed by atoms with E-state index in [-0.39, 0.29) is 10.8 Å². The first-order chi connectivity index (χ1) is 9.38. The summed E-state index contributed by atoms with van der Waals surface area (Å²) in [5.74, 6) is -0.329. The van der Waals surface area contributed by atoms with Gasteiger partial charge in [0, 0.05) is 21.4 Å². The molecule has 0 radical (unpaired) electrons. The summed E-state index contributed by atoms with van der Waals surface area (Å²) < 4.78 is 15.0. The van der Waals surface area contributed by atoms with Gasteiger partial charge in [-0.05, 0) is 58.7 Å². The summed E-state index contributed by atoms with van der Waals surface area (Å²) in [6.45, 7) is 1.89. The van der Waals surface area contributed by atoms with Gasteiger partial charge < -0.3 is 11.1 Å². The van der Waals surface area contributed by atoms with Gasteiger partial charge in [-0.2, -0.15) is 0 Å². The highest BCUT2D eigenvalue weighted by Gasteiger charge is 2.10. The molecule has 0 aliphatic heterocycles. The van der Waals surface area contributed by atoms with E-state index in [0.717, 1.165) is 15.7 Å². The molecule has 20 heavy (non-hydrogen) atoms. The zero-order valence-corrected chi connectivity index (χ0v) is 14.5. The molecule has 0 atom stereocenters. The highest BCUT2D eigenvalue weighted by atomic mass is 79.9. The van der Waals surface area contributed by atoms with Crippen LogP contribution in [-0.4, -0.2) is 4.99 Å².